The highest BCUT2D eigenvalue weighted by molar-refractivity contribution is 5.97. The number of amides is 2. The molecule has 0 bridgehead atoms. The van der Waals surface area contributed by atoms with Gasteiger partial charge in [0.2, 0.25) is 5.91 Å². The molecule has 2 amide bonds. The number of carbonyl (C=O) groups excluding carboxylic acids is 2. The quantitative estimate of drug-likeness (QED) is 0.726. The average molecular weight is 247 g/mol. The first-order valence-electron chi connectivity index (χ1n) is 6.12. The minimum Gasteiger partial charge on any atom is -0.384 e. The van der Waals surface area contributed by atoms with Crippen molar-refractivity contribution in [1.82, 2.24) is 10.6 Å². The fourth-order valence-electron chi connectivity index (χ4n) is 1.97. The van der Waals surface area contributed by atoms with E-state index in [9.17, 15) is 9.59 Å². The van der Waals surface area contributed by atoms with Crippen LogP contribution in [-0.4, -0.2) is 31.4 Å². The second kappa shape index (κ2) is 5.53. The van der Waals surface area contributed by atoms with Crippen molar-refractivity contribution >= 4 is 17.5 Å². The molecule has 0 aliphatic carbocycles. The Labute approximate surface area is 106 Å². The van der Waals surface area contributed by atoms with Crippen LogP contribution in [0.4, 0.5) is 5.69 Å². The minimum absolute atomic E-state index is 0.0159. The van der Waals surface area contributed by atoms with Gasteiger partial charge in [-0.1, -0.05) is 0 Å². The number of carbonyl (C=O) groups is 2. The van der Waals surface area contributed by atoms with Crippen molar-refractivity contribution in [1.29, 1.82) is 0 Å². The summed E-state index contributed by atoms with van der Waals surface area (Å²) in [6.45, 7) is 3.34. The van der Waals surface area contributed by atoms with Crippen molar-refractivity contribution in [2.45, 2.75) is 13.3 Å². The van der Waals surface area contributed by atoms with E-state index < -0.39 is 0 Å². The standard InChI is InChI=1S/C13H17N3O2/c1-2-14-12(17)8-16-13(18)10-3-4-11-9(7-10)5-6-15-11/h3-4,7,15H,2,5-6,8H2,1H3,(H,14,17)(H,16,18). The molecule has 2 rings (SSSR count). The molecule has 5 heteroatoms. The highest BCUT2D eigenvalue weighted by Gasteiger charge is 2.13. The van der Waals surface area contributed by atoms with E-state index in [0.717, 1.165) is 24.2 Å². The van der Waals surface area contributed by atoms with Crippen molar-refractivity contribution in [3.8, 4) is 0 Å². The number of anilines is 1. The normalized spacial score (nSPS) is 12.5. The van der Waals surface area contributed by atoms with Crippen LogP contribution in [0.5, 0.6) is 0 Å². The molecule has 96 valence electrons. The summed E-state index contributed by atoms with van der Waals surface area (Å²) in [5, 5.41) is 8.47. The molecule has 1 aromatic rings. The molecule has 1 aliphatic heterocycles. The number of nitrogens with one attached hydrogen (secondary N) is 3. The summed E-state index contributed by atoms with van der Waals surface area (Å²) in [5.74, 6) is -0.385. The third kappa shape index (κ3) is 2.80. The Morgan fingerprint density at radius 1 is 1.33 bits per heavy atom. The summed E-state index contributed by atoms with van der Waals surface area (Å²) in [7, 11) is 0. The number of fused-ring (bicyclic) bond motifs is 1. The molecule has 0 atom stereocenters. The van der Waals surface area contributed by atoms with Crippen LogP contribution >= 0.6 is 0 Å². The zero-order chi connectivity index (χ0) is 13.0. The molecule has 1 aliphatic rings. The van der Waals surface area contributed by atoms with E-state index in [1.165, 1.54) is 0 Å². The van der Waals surface area contributed by atoms with E-state index in [1.807, 2.05) is 19.1 Å². The predicted octanol–water partition coefficient (Wildman–Crippen LogP) is 0.520. The number of benzene rings is 1. The van der Waals surface area contributed by atoms with Crippen LogP contribution < -0.4 is 16.0 Å². The molecule has 1 heterocycles. The molecule has 18 heavy (non-hydrogen) atoms. The van der Waals surface area contributed by atoms with Crippen LogP contribution in [0.25, 0.3) is 0 Å². The highest BCUT2D eigenvalue weighted by Crippen LogP contribution is 2.22. The summed E-state index contributed by atoms with van der Waals surface area (Å²) in [5.41, 5.74) is 2.85. The van der Waals surface area contributed by atoms with E-state index in [2.05, 4.69) is 16.0 Å². The van der Waals surface area contributed by atoms with Crippen LogP contribution in [0.15, 0.2) is 18.2 Å². The van der Waals surface area contributed by atoms with Gasteiger partial charge in [0, 0.05) is 24.3 Å². The Kier molecular flexibility index (Phi) is 3.82. The summed E-state index contributed by atoms with van der Waals surface area (Å²) < 4.78 is 0. The van der Waals surface area contributed by atoms with E-state index >= 15 is 0 Å². The molecule has 0 unspecified atom stereocenters. The molecule has 5 nitrogen and oxygen atoms in total. The Bertz CT molecular complexity index is 471. The molecule has 0 radical (unpaired) electrons. The van der Waals surface area contributed by atoms with Gasteiger partial charge in [0.05, 0.1) is 6.54 Å². The first kappa shape index (κ1) is 12.4. The monoisotopic (exact) mass is 247 g/mol. The minimum atomic E-state index is -0.212. The predicted molar refractivity (Wildman–Crippen MR) is 69.7 cm³/mol. The molecular weight excluding hydrogens is 230 g/mol. The van der Waals surface area contributed by atoms with Crippen LogP contribution in [-0.2, 0) is 11.2 Å². The smallest absolute Gasteiger partial charge is 0.251 e. The Balaban J connectivity index is 1.95. The number of hydrogen-bond donors (Lipinski definition) is 3. The van der Waals surface area contributed by atoms with Gasteiger partial charge in [-0.05, 0) is 37.1 Å². The molecule has 0 fully saturated rings. The lowest BCUT2D eigenvalue weighted by molar-refractivity contribution is -0.120. The Morgan fingerprint density at radius 2 is 2.17 bits per heavy atom. The van der Waals surface area contributed by atoms with Gasteiger partial charge in [0.15, 0.2) is 0 Å². The zero-order valence-corrected chi connectivity index (χ0v) is 10.4. The van der Waals surface area contributed by atoms with Crippen LogP contribution in [0.3, 0.4) is 0 Å². The van der Waals surface area contributed by atoms with Crippen LogP contribution in [0, 0.1) is 0 Å². The zero-order valence-electron chi connectivity index (χ0n) is 10.4. The van der Waals surface area contributed by atoms with Crippen LogP contribution in [0.2, 0.25) is 0 Å². The first-order chi connectivity index (χ1) is 8.70. The number of likely N-dealkylation sites (N-methyl/N-ethyl adjacent to an activating group) is 1. The van der Waals surface area contributed by atoms with E-state index in [0.29, 0.717) is 12.1 Å². The molecule has 3 N–H and O–H groups in total. The topological polar surface area (TPSA) is 70.2 Å². The van der Waals surface area contributed by atoms with Gasteiger partial charge in [-0.25, -0.2) is 0 Å². The van der Waals surface area contributed by atoms with Crippen molar-refractivity contribution in [3.05, 3.63) is 29.3 Å². The van der Waals surface area contributed by atoms with Crippen molar-refractivity contribution in [3.63, 3.8) is 0 Å². The average Bonchev–Trinajstić information content (AvgIpc) is 2.83. The van der Waals surface area contributed by atoms with Crippen LogP contribution in [0.1, 0.15) is 22.8 Å². The maximum absolute atomic E-state index is 11.8. The fraction of sp³-hybridized carbons (Fsp3) is 0.385. The third-order valence-electron chi connectivity index (χ3n) is 2.86. The number of hydrogen-bond acceptors (Lipinski definition) is 3. The molecule has 0 saturated carbocycles. The van der Waals surface area contributed by atoms with Gasteiger partial charge >= 0.3 is 0 Å². The van der Waals surface area contributed by atoms with E-state index in [4.69, 9.17) is 0 Å². The van der Waals surface area contributed by atoms with Gasteiger partial charge < -0.3 is 16.0 Å². The van der Waals surface area contributed by atoms with E-state index in [-0.39, 0.29) is 18.4 Å². The lowest BCUT2D eigenvalue weighted by atomic mass is 10.1. The Hall–Kier alpha value is -2.04. The fourth-order valence-corrected chi connectivity index (χ4v) is 1.97. The molecule has 0 aromatic heterocycles. The summed E-state index contributed by atoms with van der Waals surface area (Å²) >= 11 is 0. The summed E-state index contributed by atoms with van der Waals surface area (Å²) in [6.07, 6.45) is 0.937. The summed E-state index contributed by atoms with van der Waals surface area (Å²) in [6, 6.07) is 5.55. The SMILES string of the molecule is CCNC(=O)CNC(=O)c1ccc2c(c1)CCN2. The highest BCUT2D eigenvalue weighted by atomic mass is 16.2. The summed E-state index contributed by atoms with van der Waals surface area (Å²) in [4.78, 5) is 23.1. The van der Waals surface area contributed by atoms with Gasteiger partial charge in [-0.15, -0.1) is 0 Å². The maximum Gasteiger partial charge on any atom is 0.251 e. The van der Waals surface area contributed by atoms with Gasteiger partial charge in [0.1, 0.15) is 0 Å². The third-order valence-corrected chi connectivity index (χ3v) is 2.86. The Morgan fingerprint density at radius 3 is 2.94 bits per heavy atom. The molecule has 0 saturated heterocycles. The lowest BCUT2D eigenvalue weighted by Crippen LogP contribution is -2.36. The number of rotatable bonds is 4. The van der Waals surface area contributed by atoms with Crippen molar-refractivity contribution < 1.29 is 9.59 Å². The molecular formula is C13H17N3O2. The maximum atomic E-state index is 11.8. The first-order valence-corrected chi connectivity index (χ1v) is 6.12. The van der Waals surface area contributed by atoms with Crippen molar-refractivity contribution in [2.75, 3.05) is 25.0 Å². The van der Waals surface area contributed by atoms with Gasteiger partial charge in [-0.3, -0.25) is 9.59 Å². The van der Waals surface area contributed by atoms with Crippen molar-refractivity contribution in [2.24, 2.45) is 0 Å². The van der Waals surface area contributed by atoms with E-state index in [1.54, 1.807) is 6.07 Å². The van der Waals surface area contributed by atoms with Gasteiger partial charge in [-0.2, -0.15) is 0 Å². The second-order valence-corrected chi connectivity index (χ2v) is 4.18. The molecule has 0 spiro atoms. The lowest BCUT2D eigenvalue weighted by Gasteiger charge is -2.07. The second-order valence-electron chi connectivity index (χ2n) is 4.18. The molecule has 1 aromatic carbocycles. The largest absolute Gasteiger partial charge is 0.384 e. The van der Waals surface area contributed by atoms with Gasteiger partial charge in [0.25, 0.3) is 5.91 Å².